The molecule has 128 valence electrons. The third kappa shape index (κ3) is 5.08. The molecule has 1 saturated carbocycles. The Morgan fingerprint density at radius 2 is 1.91 bits per heavy atom. The molecule has 0 heterocycles. The Morgan fingerprint density at radius 3 is 2.48 bits per heavy atom. The number of amides is 1. The van der Waals surface area contributed by atoms with Crippen LogP contribution in [0, 0.1) is 0 Å². The molecule has 0 radical (unpaired) electrons. The van der Waals surface area contributed by atoms with Crippen LogP contribution >= 0.6 is 23.2 Å². The fourth-order valence-electron chi connectivity index (χ4n) is 2.83. The monoisotopic (exact) mass is 378 g/mol. The molecular weight excluding hydrogens is 359 g/mol. The first-order valence-corrected chi connectivity index (χ1v) is 10.1. The van der Waals surface area contributed by atoms with Crippen LogP contribution in [-0.2, 0) is 10.0 Å². The average Bonchev–Trinajstić information content (AvgIpc) is 2.98. The molecular formula is C15H20Cl2N2O3S. The van der Waals surface area contributed by atoms with Gasteiger partial charge in [0.1, 0.15) is 0 Å². The van der Waals surface area contributed by atoms with Crippen molar-refractivity contribution < 1.29 is 13.2 Å². The van der Waals surface area contributed by atoms with Gasteiger partial charge in [-0.15, -0.1) is 0 Å². The first-order valence-electron chi connectivity index (χ1n) is 7.49. The van der Waals surface area contributed by atoms with E-state index in [-0.39, 0.29) is 25.0 Å². The summed E-state index contributed by atoms with van der Waals surface area (Å²) in [5.41, 5.74) is 0.395. The molecule has 1 amide bonds. The van der Waals surface area contributed by atoms with Crippen LogP contribution in [0.2, 0.25) is 10.0 Å². The quantitative estimate of drug-likeness (QED) is 0.827. The Morgan fingerprint density at radius 1 is 1.26 bits per heavy atom. The number of sulfonamides is 1. The van der Waals surface area contributed by atoms with Crippen LogP contribution in [0.1, 0.15) is 36.0 Å². The van der Waals surface area contributed by atoms with Gasteiger partial charge in [0, 0.05) is 24.7 Å². The lowest BCUT2D eigenvalue weighted by molar-refractivity contribution is 0.0950. The highest BCUT2D eigenvalue weighted by Crippen LogP contribution is 2.25. The summed E-state index contributed by atoms with van der Waals surface area (Å²) in [6.45, 7) is 0.527. The Hall–Kier alpha value is -0.820. The van der Waals surface area contributed by atoms with E-state index in [1.165, 1.54) is 16.6 Å². The van der Waals surface area contributed by atoms with Crippen molar-refractivity contribution in [1.29, 1.82) is 0 Å². The molecule has 0 atom stereocenters. The Balaban J connectivity index is 1.93. The van der Waals surface area contributed by atoms with Gasteiger partial charge in [-0.05, 0) is 31.0 Å². The van der Waals surface area contributed by atoms with Gasteiger partial charge in [-0.3, -0.25) is 4.79 Å². The number of hydrogen-bond acceptors (Lipinski definition) is 3. The molecule has 2 rings (SSSR count). The lowest BCUT2D eigenvalue weighted by Crippen LogP contribution is -2.43. The minimum atomic E-state index is -3.28. The third-order valence-electron chi connectivity index (χ3n) is 3.96. The molecule has 1 aromatic carbocycles. The normalized spacial score (nSPS) is 16.0. The van der Waals surface area contributed by atoms with E-state index >= 15 is 0 Å². The molecule has 1 aliphatic carbocycles. The lowest BCUT2D eigenvalue weighted by atomic mass is 10.2. The fourth-order valence-corrected chi connectivity index (χ4v) is 4.30. The van der Waals surface area contributed by atoms with E-state index in [1.807, 2.05) is 0 Å². The maximum Gasteiger partial charge on any atom is 0.251 e. The van der Waals surface area contributed by atoms with Gasteiger partial charge in [0.2, 0.25) is 10.0 Å². The molecule has 1 aromatic rings. The van der Waals surface area contributed by atoms with Crippen molar-refractivity contribution in [3.05, 3.63) is 33.8 Å². The van der Waals surface area contributed by atoms with E-state index in [0.717, 1.165) is 25.7 Å². The van der Waals surface area contributed by atoms with E-state index in [4.69, 9.17) is 23.2 Å². The second-order valence-corrected chi connectivity index (χ2v) is 8.45. The van der Waals surface area contributed by atoms with Gasteiger partial charge in [0.25, 0.3) is 5.91 Å². The van der Waals surface area contributed by atoms with Gasteiger partial charge in [0.05, 0.1) is 16.3 Å². The van der Waals surface area contributed by atoms with Crippen molar-refractivity contribution in [3.63, 3.8) is 0 Å². The molecule has 0 unspecified atom stereocenters. The summed E-state index contributed by atoms with van der Waals surface area (Å²) in [5, 5.41) is 3.42. The van der Waals surface area contributed by atoms with E-state index in [1.54, 1.807) is 12.1 Å². The Labute approximate surface area is 147 Å². The minimum absolute atomic E-state index is 0.0480. The van der Waals surface area contributed by atoms with Crippen LogP contribution in [0.5, 0.6) is 0 Å². The summed E-state index contributed by atoms with van der Waals surface area (Å²) >= 11 is 11.7. The molecule has 0 saturated heterocycles. The standard InChI is InChI=1S/C15H20Cl2N2O3S/c1-23(21,22)19(12-4-2-3-5-12)9-8-18-15(20)11-6-7-13(16)14(17)10-11/h6-7,10,12H,2-5,8-9H2,1H3,(H,18,20). The van der Waals surface area contributed by atoms with Crippen molar-refractivity contribution in [2.45, 2.75) is 31.7 Å². The maximum atomic E-state index is 12.1. The number of benzene rings is 1. The van der Waals surface area contributed by atoms with Crippen molar-refractivity contribution in [1.82, 2.24) is 9.62 Å². The number of rotatable bonds is 6. The minimum Gasteiger partial charge on any atom is -0.351 e. The van der Waals surface area contributed by atoms with Gasteiger partial charge in [-0.25, -0.2) is 8.42 Å². The van der Waals surface area contributed by atoms with Gasteiger partial charge in [-0.2, -0.15) is 4.31 Å². The zero-order valence-electron chi connectivity index (χ0n) is 12.9. The molecule has 0 spiro atoms. The molecule has 0 aromatic heterocycles. The number of hydrogen-bond donors (Lipinski definition) is 1. The highest BCUT2D eigenvalue weighted by molar-refractivity contribution is 7.88. The van der Waals surface area contributed by atoms with Crippen LogP contribution in [0.15, 0.2) is 18.2 Å². The zero-order valence-corrected chi connectivity index (χ0v) is 15.2. The molecule has 8 heteroatoms. The Bertz CT molecular complexity index is 673. The van der Waals surface area contributed by atoms with Gasteiger partial charge < -0.3 is 5.32 Å². The van der Waals surface area contributed by atoms with Crippen molar-refractivity contribution >= 4 is 39.1 Å². The molecule has 0 bridgehead atoms. The second kappa shape index (κ2) is 7.83. The first kappa shape index (κ1) is 18.5. The molecule has 23 heavy (non-hydrogen) atoms. The molecule has 1 fully saturated rings. The van der Waals surface area contributed by atoms with Gasteiger partial charge in [-0.1, -0.05) is 36.0 Å². The van der Waals surface area contributed by atoms with E-state index in [0.29, 0.717) is 15.6 Å². The van der Waals surface area contributed by atoms with Crippen molar-refractivity contribution in [2.75, 3.05) is 19.3 Å². The largest absolute Gasteiger partial charge is 0.351 e. The number of carbonyl (C=O) groups is 1. The van der Waals surface area contributed by atoms with E-state index in [9.17, 15) is 13.2 Å². The van der Waals surface area contributed by atoms with Crippen LogP contribution in [0.3, 0.4) is 0 Å². The second-order valence-electron chi connectivity index (χ2n) is 5.70. The fraction of sp³-hybridized carbons (Fsp3) is 0.533. The zero-order chi connectivity index (χ0) is 17.0. The van der Waals surface area contributed by atoms with Gasteiger partial charge in [0.15, 0.2) is 0 Å². The Kier molecular flexibility index (Phi) is 6.31. The number of carbonyl (C=O) groups excluding carboxylic acids is 1. The SMILES string of the molecule is CS(=O)(=O)N(CCNC(=O)c1ccc(Cl)c(Cl)c1)C1CCCC1. The molecule has 1 N–H and O–H groups in total. The number of halogens is 2. The van der Waals surface area contributed by atoms with Crippen molar-refractivity contribution in [3.8, 4) is 0 Å². The van der Waals surface area contributed by atoms with Gasteiger partial charge >= 0.3 is 0 Å². The maximum absolute atomic E-state index is 12.1. The highest BCUT2D eigenvalue weighted by Gasteiger charge is 2.28. The number of nitrogens with zero attached hydrogens (tertiary/aromatic N) is 1. The van der Waals surface area contributed by atoms with Crippen LogP contribution in [-0.4, -0.2) is 44.0 Å². The van der Waals surface area contributed by atoms with E-state index < -0.39 is 10.0 Å². The smallest absolute Gasteiger partial charge is 0.251 e. The topological polar surface area (TPSA) is 66.5 Å². The molecule has 0 aliphatic heterocycles. The predicted octanol–water partition coefficient (Wildman–Crippen LogP) is 2.93. The summed E-state index contributed by atoms with van der Waals surface area (Å²) in [5.74, 6) is -0.302. The summed E-state index contributed by atoms with van der Waals surface area (Å²) in [6.07, 6.45) is 5.08. The lowest BCUT2D eigenvalue weighted by Gasteiger charge is -2.26. The van der Waals surface area contributed by atoms with Crippen LogP contribution < -0.4 is 5.32 Å². The summed E-state index contributed by atoms with van der Waals surface area (Å²) < 4.78 is 25.3. The van der Waals surface area contributed by atoms with E-state index in [2.05, 4.69) is 5.32 Å². The molecule has 1 aliphatic rings. The molecule has 5 nitrogen and oxygen atoms in total. The highest BCUT2D eigenvalue weighted by atomic mass is 35.5. The van der Waals surface area contributed by atoms with Crippen LogP contribution in [0.25, 0.3) is 0 Å². The summed E-state index contributed by atoms with van der Waals surface area (Å²) in [6, 6.07) is 4.67. The third-order valence-corrected chi connectivity index (χ3v) is 6.03. The van der Waals surface area contributed by atoms with Crippen LogP contribution in [0.4, 0.5) is 0 Å². The average molecular weight is 379 g/mol. The first-order chi connectivity index (χ1) is 10.8. The van der Waals surface area contributed by atoms with Crippen molar-refractivity contribution in [2.24, 2.45) is 0 Å². The number of nitrogens with one attached hydrogen (secondary N) is 1. The summed E-state index contributed by atoms with van der Waals surface area (Å²) in [4.78, 5) is 12.1. The summed E-state index contributed by atoms with van der Waals surface area (Å²) in [7, 11) is -3.28. The predicted molar refractivity (Wildman–Crippen MR) is 92.6 cm³/mol.